The molecule has 0 aliphatic rings. The largest absolute Gasteiger partial charge is 0.463 e. The van der Waals surface area contributed by atoms with Crippen molar-refractivity contribution in [1.29, 1.82) is 0 Å². The number of nitrogens with one attached hydrogen (secondary N) is 2. The van der Waals surface area contributed by atoms with Crippen LogP contribution in [0, 0.1) is 9.39 Å². The van der Waals surface area contributed by atoms with Crippen molar-refractivity contribution in [1.82, 2.24) is 10.0 Å². The number of furan rings is 1. The third kappa shape index (κ3) is 4.03. The Labute approximate surface area is 172 Å². The zero-order valence-corrected chi connectivity index (χ0v) is 17.2. The van der Waals surface area contributed by atoms with Gasteiger partial charge in [0.1, 0.15) is 17.2 Å². The van der Waals surface area contributed by atoms with E-state index in [1.54, 1.807) is 6.07 Å². The summed E-state index contributed by atoms with van der Waals surface area (Å²) in [6.45, 7) is 0.409. The molecule has 2 aromatic heterocycles. The molecule has 0 atom stereocenters. The number of rotatable bonds is 7. The van der Waals surface area contributed by atoms with Gasteiger partial charge in [0.2, 0.25) is 0 Å². The Bertz CT molecular complexity index is 1080. The number of amides is 1. The standard InChI is InChI=1S/C18H17FIN3O5/c1-23-16(21-13-4-3-10(20)9-12(13)19)14(17(24)22-28-8-7-26-2)15-11(18(23)25)5-6-27-15/h3-6,9,21H,7-8H2,1-2H3,(H,22,24). The summed E-state index contributed by atoms with van der Waals surface area (Å²) in [5, 5.41) is 3.05. The van der Waals surface area contributed by atoms with Gasteiger partial charge in [0, 0.05) is 17.7 Å². The highest BCUT2D eigenvalue weighted by atomic mass is 127. The van der Waals surface area contributed by atoms with Gasteiger partial charge in [0.15, 0.2) is 5.58 Å². The number of anilines is 2. The van der Waals surface area contributed by atoms with Crippen molar-refractivity contribution in [3.05, 3.63) is 55.8 Å². The van der Waals surface area contributed by atoms with Crippen LogP contribution in [0.2, 0.25) is 0 Å². The molecule has 0 aliphatic carbocycles. The van der Waals surface area contributed by atoms with Gasteiger partial charge >= 0.3 is 0 Å². The lowest BCUT2D eigenvalue weighted by Gasteiger charge is -2.16. The van der Waals surface area contributed by atoms with Crippen molar-refractivity contribution in [2.45, 2.75) is 0 Å². The summed E-state index contributed by atoms with van der Waals surface area (Å²) >= 11 is 1.99. The maximum Gasteiger partial charge on any atom is 0.282 e. The van der Waals surface area contributed by atoms with E-state index in [4.69, 9.17) is 14.0 Å². The first-order chi connectivity index (χ1) is 13.4. The van der Waals surface area contributed by atoms with Crippen LogP contribution in [0.15, 0.2) is 39.7 Å². The minimum Gasteiger partial charge on any atom is -0.463 e. The van der Waals surface area contributed by atoms with Gasteiger partial charge in [0.25, 0.3) is 11.5 Å². The normalized spacial score (nSPS) is 11.0. The summed E-state index contributed by atoms with van der Waals surface area (Å²) in [6.07, 6.45) is 1.31. The molecular weight excluding hydrogens is 484 g/mol. The minimum atomic E-state index is -0.653. The highest BCUT2D eigenvalue weighted by Crippen LogP contribution is 2.28. The van der Waals surface area contributed by atoms with Crippen molar-refractivity contribution in [2.24, 2.45) is 7.05 Å². The Morgan fingerprint density at radius 3 is 2.82 bits per heavy atom. The summed E-state index contributed by atoms with van der Waals surface area (Å²) in [6, 6.07) is 6.02. The average Bonchev–Trinajstić information content (AvgIpc) is 3.14. The third-order valence-electron chi connectivity index (χ3n) is 3.97. The number of fused-ring (bicyclic) bond motifs is 1. The zero-order chi connectivity index (χ0) is 20.3. The van der Waals surface area contributed by atoms with E-state index in [0.717, 1.165) is 0 Å². The van der Waals surface area contributed by atoms with E-state index in [9.17, 15) is 14.0 Å². The molecule has 0 saturated heterocycles. The van der Waals surface area contributed by atoms with E-state index in [0.29, 0.717) is 3.57 Å². The van der Waals surface area contributed by atoms with E-state index in [1.807, 2.05) is 22.6 Å². The molecule has 0 spiro atoms. The molecule has 8 nitrogen and oxygen atoms in total. The number of hydroxylamine groups is 1. The SMILES string of the molecule is COCCONC(=O)c1c(Nc2ccc(I)cc2F)n(C)c(=O)c2ccoc12. The first kappa shape index (κ1) is 20.3. The second-order valence-electron chi connectivity index (χ2n) is 5.77. The number of hydrogen-bond donors (Lipinski definition) is 2. The predicted molar refractivity (Wildman–Crippen MR) is 109 cm³/mol. The Balaban J connectivity index is 2.08. The average molecular weight is 501 g/mol. The van der Waals surface area contributed by atoms with Gasteiger partial charge in [-0.3, -0.25) is 19.0 Å². The Kier molecular flexibility index (Phi) is 6.31. The molecule has 0 radical (unpaired) electrons. The number of carbonyl (C=O) groups is 1. The number of pyridine rings is 1. The molecule has 1 aromatic carbocycles. The number of benzene rings is 1. The van der Waals surface area contributed by atoms with E-state index < -0.39 is 17.3 Å². The Hall–Kier alpha value is -2.44. The van der Waals surface area contributed by atoms with Crippen LogP contribution in [-0.4, -0.2) is 30.8 Å². The molecule has 0 saturated carbocycles. The topological polar surface area (TPSA) is 94.7 Å². The minimum absolute atomic E-state index is 0.0115. The lowest BCUT2D eigenvalue weighted by molar-refractivity contribution is 0.00895. The van der Waals surface area contributed by atoms with E-state index in [2.05, 4.69) is 10.8 Å². The highest BCUT2D eigenvalue weighted by Gasteiger charge is 2.24. The lowest BCUT2D eigenvalue weighted by atomic mass is 10.1. The summed E-state index contributed by atoms with van der Waals surface area (Å²) < 4.78 is 26.5. The first-order valence-electron chi connectivity index (χ1n) is 8.17. The number of hydrogen-bond acceptors (Lipinski definition) is 6. The van der Waals surface area contributed by atoms with Gasteiger partial charge < -0.3 is 14.5 Å². The maximum absolute atomic E-state index is 14.3. The van der Waals surface area contributed by atoms with Crippen LogP contribution in [0.5, 0.6) is 0 Å². The molecule has 0 bridgehead atoms. The van der Waals surface area contributed by atoms with Crippen LogP contribution < -0.4 is 16.4 Å². The van der Waals surface area contributed by atoms with Gasteiger partial charge in [-0.1, -0.05) is 0 Å². The van der Waals surface area contributed by atoms with Crippen LogP contribution in [0.25, 0.3) is 11.0 Å². The van der Waals surface area contributed by atoms with Gasteiger partial charge in [-0.2, -0.15) is 0 Å². The van der Waals surface area contributed by atoms with Crippen LogP contribution in [0.4, 0.5) is 15.9 Å². The van der Waals surface area contributed by atoms with E-state index >= 15 is 0 Å². The van der Waals surface area contributed by atoms with Crippen LogP contribution in [-0.2, 0) is 16.6 Å². The maximum atomic E-state index is 14.3. The molecule has 0 unspecified atom stereocenters. The number of halogens is 2. The van der Waals surface area contributed by atoms with Crippen molar-refractivity contribution < 1.29 is 23.2 Å². The van der Waals surface area contributed by atoms with Gasteiger partial charge in [-0.05, 0) is 46.9 Å². The number of methoxy groups -OCH3 is 1. The van der Waals surface area contributed by atoms with Crippen molar-refractivity contribution in [3.63, 3.8) is 0 Å². The molecule has 2 N–H and O–H groups in total. The molecule has 1 amide bonds. The number of aromatic nitrogens is 1. The molecule has 0 fully saturated rings. The van der Waals surface area contributed by atoms with Crippen LogP contribution in [0.3, 0.4) is 0 Å². The summed E-state index contributed by atoms with van der Waals surface area (Å²) in [5.41, 5.74) is 2.08. The molecule has 148 valence electrons. The summed E-state index contributed by atoms with van der Waals surface area (Å²) in [7, 11) is 2.98. The fourth-order valence-corrected chi connectivity index (χ4v) is 3.05. The molecule has 3 rings (SSSR count). The third-order valence-corrected chi connectivity index (χ3v) is 4.64. The second kappa shape index (κ2) is 8.71. The number of nitrogens with zero attached hydrogens (tertiary/aromatic N) is 1. The predicted octanol–water partition coefficient (Wildman–Crippen LogP) is 2.93. The first-order valence-corrected chi connectivity index (χ1v) is 9.25. The van der Waals surface area contributed by atoms with E-state index in [1.165, 1.54) is 43.2 Å². The van der Waals surface area contributed by atoms with Crippen LogP contribution in [0.1, 0.15) is 10.4 Å². The monoisotopic (exact) mass is 501 g/mol. The van der Waals surface area contributed by atoms with Gasteiger partial charge in [-0.25, -0.2) is 9.87 Å². The van der Waals surface area contributed by atoms with E-state index in [-0.39, 0.29) is 41.3 Å². The number of ether oxygens (including phenoxy) is 1. The smallest absolute Gasteiger partial charge is 0.282 e. The Morgan fingerprint density at radius 2 is 2.11 bits per heavy atom. The molecule has 0 aliphatic heterocycles. The van der Waals surface area contributed by atoms with Gasteiger partial charge in [-0.15, -0.1) is 0 Å². The molecular formula is C18H17FIN3O5. The highest BCUT2D eigenvalue weighted by molar-refractivity contribution is 14.1. The Morgan fingerprint density at radius 1 is 1.32 bits per heavy atom. The number of carbonyl (C=O) groups excluding carboxylic acids is 1. The quantitative estimate of drug-likeness (QED) is 0.294. The molecule has 10 heteroatoms. The summed E-state index contributed by atoms with van der Waals surface area (Å²) in [4.78, 5) is 30.4. The second-order valence-corrected chi connectivity index (χ2v) is 7.02. The zero-order valence-electron chi connectivity index (χ0n) is 15.0. The molecule has 3 aromatic rings. The van der Waals surface area contributed by atoms with Crippen molar-refractivity contribution in [3.8, 4) is 0 Å². The molecule has 28 heavy (non-hydrogen) atoms. The van der Waals surface area contributed by atoms with Crippen molar-refractivity contribution >= 4 is 51.0 Å². The van der Waals surface area contributed by atoms with Crippen LogP contribution >= 0.6 is 22.6 Å². The molecule has 2 heterocycles. The fraction of sp³-hybridized carbons (Fsp3) is 0.222. The fourth-order valence-electron chi connectivity index (χ4n) is 2.60. The van der Waals surface area contributed by atoms with Crippen molar-refractivity contribution in [2.75, 3.05) is 25.6 Å². The summed E-state index contributed by atoms with van der Waals surface area (Å²) in [5.74, 6) is -1.11. The lowest BCUT2D eigenvalue weighted by Crippen LogP contribution is -2.30. The van der Waals surface area contributed by atoms with Gasteiger partial charge in [0.05, 0.1) is 30.6 Å².